The number of halogens is 2. The van der Waals surface area contributed by atoms with Gasteiger partial charge in [0.25, 0.3) is 0 Å². The maximum atomic E-state index is 13.7. The van der Waals surface area contributed by atoms with Gasteiger partial charge in [0.1, 0.15) is 24.3 Å². The third-order valence-corrected chi connectivity index (χ3v) is 4.72. The van der Waals surface area contributed by atoms with Crippen LogP contribution in [0.5, 0.6) is 6.01 Å². The number of methoxy groups -OCH3 is 1. The van der Waals surface area contributed by atoms with Crippen molar-refractivity contribution in [1.29, 1.82) is 0 Å². The first kappa shape index (κ1) is 19.2. The maximum absolute atomic E-state index is 13.7. The Balaban J connectivity index is 1.37. The van der Waals surface area contributed by atoms with Gasteiger partial charge in [-0.15, -0.1) is 5.10 Å². The molecule has 0 bridgehead atoms. The summed E-state index contributed by atoms with van der Waals surface area (Å²) < 4.78 is 39.4. The van der Waals surface area contributed by atoms with E-state index in [1.54, 1.807) is 25.7 Å². The largest absolute Gasteiger partial charge is 0.457 e. The van der Waals surface area contributed by atoms with Crippen molar-refractivity contribution < 1.29 is 18.3 Å². The van der Waals surface area contributed by atoms with Crippen LogP contribution < -0.4 is 9.64 Å². The minimum Gasteiger partial charge on any atom is -0.457 e. The molecule has 29 heavy (non-hydrogen) atoms. The Hall–Kier alpha value is -3.14. The number of hydrogen-bond donors (Lipinski definition) is 0. The topological polar surface area (TPSA) is 78.2 Å². The summed E-state index contributed by atoms with van der Waals surface area (Å²) in [6.07, 6.45) is 3.85. The highest BCUT2D eigenvalue weighted by Crippen LogP contribution is 2.23. The summed E-state index contributed by atoms with van der Waals surface area (Å²) in [5.74, 6) is -0.594. The van der Waals surface area contributed by atoms with E-state index in [-0.39, 0.29) is 24.3 Å². The summed E-state index contributed by atoms with van der Waals surface area (Å²) in [5.41, 5.74) is 1.92. The average molecular weight is 402 g/mol. The van der Waals surface area contributed by atoms with Crippen molar-refractivity contribution in [2.45, 2.75) is 25.8 Å². The van der Waals surface area contributed by atoms with Gasteiger partial charge in [0.15, 0.2) is 0 Å². The molecule has 3 aromatic rings. The van der Waals surface area contributed by atoms with E-state index in [0.717, 1.165) is 18.8 Å². The molecule has 1 aliphatic rings. The van der Waals surface area contributed by atoms with Crippen LogP contribution in [0, 0.1) is 5.82 Å². The minimum absolute atomic E-state index is 0.0247. The fraction of sp³-hybridized carbons (Fsp3) is 0.368. The van der Waals surface area contributed by atoms with Crippen LogP contribution in [0.3, 0.4) is 0 Å². The van der Waals surface area contributed by atoms with Gasteiger partial charge in [-0.05, 0) is 25.1 Å². The Labute approximate surface area is 166 Å². The SMILES string of the molecule is COC1CN(c2cnc(OCc3cn(-c4ccc(F)c(C(C)F)c4)nn3)nc2)C1. The lowest BCUT2D eigenvalue weighted by molar-refractivity contribution is 0.0787. The summed E-state index contributed by atoms with van der Waals surface area (Å²) in [4.78, 5) is 10.5. The van der Waals surface area contributed by atoms with Crippen LogP contribution in [0.25, 0.3) is 5.69 Å². The number of anilines is 1. The lowest BCUT2D eigenvalue weighted by Gasteiger charge is -2.39. The van der Waals surface area contributed by atoms with Crippen LogP contribution >= 0.6 is 0 Å². The van der Waals surface area contributed by atoms with Crippen LogP contribution in [-0.2, 0) is 11.3 Å². The van der Waals surface area contributed by atoms with Crippen molar-refractivity contribution in [1.82, 2.24) is 25.0 Å². The monoisotopic (exact) mass is 402 g/mol. The minimum atomic E-state index is -1.42. The van der Waals surface area contributed by atoms with E-state index in [9.17, 15) is 8.78 Å². The second-order valence-corrected chi connectivity index (χ2v) is 6.75. The Morgan fingerprint density at radius 3 is 2.66 bits per heavy atom. The summed E-state index contributed by atoms with van der Waals surface area (Å²) in [5, 5.41) is 8.00. The Kier molecular flexibility index (Phi) is 5.34. The number of aromatic nitrogens is 5. The highest BCUT2D eigenvalue weighted by molar-refractivity contribution is 5.45. The van der Waals surface area contributed by atoms with Crippen molar-refractivity contribution in [3.8, 4) is 11.7 Å². The molecule has 10 heteroatoms. The van der Waals surface area contributed by atoms with Gasteiger partial charge in [-0.1, -0.05) is 5.21 Å². The highest BCUT2D eigenvalue weighted by Gasteiger charge is 2.26. The Bertz CT molecular complexity index is 973. The number of benzene rings is 1. The van der Waals surface area contributed by atoms with Crippen molar-refractivity contribution in [2.75, 3.05) is 25.1 Å². The van der Waals surface area contributed by atoms with E-state index in [2.05, 4.69) is 25.2 Å². The van der Waals surface area contributed by atoms with Gasteiger partial charge in [-0.2, -0.15) is 0 Å². The molecule has 3 heterocycles. The molecule has 2 aromatic heterocycles. The predicted octanol–water partition coefficient (Wildman–Crippen LogP) is 2.64. The smallest absolute Gasteiger partial charge is 0.316 e. The van der Waals surface area contributed by atoms with Crippen LogP contribution in [0.2, 0.25) is 0 Å². The molecule has 0 radical (unpaired) electrons. The van der Waals surface area contributed by atoms with E-state index < -0.39 is 12.0 Å². The molecule has 152 valence electrons. The van der Waals surface area contributed by atoms with Gasteiger partial charge in [0.2, 0.25) is 0 Å². The van der Waals surface area contributed by atoms with Crippen molar-refractivity contribution in [3.05, 3.63) is 53.9 Å². The molecule has 1 aliphatic heterocycles. The first-order chi connectivity index (χ1) is 14.0. The Morgan fingerprint density at radius 2 is 1.97 bits per heavy atom. The van der Waals surface area contributed by atoms with Gasteiger partial charge in [-0.25, -0.2) is 23.4 Å². The summed E-state index contributed by atoms with van der Waals surface area (Å²) in [6, 6.07) is 4.35. The number of hydrogen-bond acceptors (Lipinski definition) is 7. The van der Waals surface area contributed by atoms with Gasteiger partial charge in [0, 0.05) is 25.8 Å². The van der Waals surface area contributed by atoms with E-state index in [0.29, 0.717) is 11.4 Å². The van der Waals surface area contributed by atoms with E-state index in [1.165, 1.54) is 29.8 Å². The zero-order valence-corrected chi connectivity index (χ0v) is 16.0. The molecule has 4 rings (SSSR count). The van der Waals surface area contributed by atoms with Crippen LogP contribution in [-0.4, -0.2) is 51.3 Å². The van der Waals surface area contributed by atoms with E-state index >= 15 is 0 Å². The molecule has 0 N–H and O–H groups in total. The van der Waals surface area contributed by atoms with Gasteiger partial charge >= 0.3 is 6.01 Å². The molecule has 0 spiro atoms. The van der Waals surface area contributed by atoms with Gasteiger partial charge in [-0.3, -0.25) is 0 Å². The molecule has 0 saturated carbocycles. The molecular formula is C19H20F2N6O2. The molecule has 1 fully saturated rings. The summed E-state index contributed by atoms with van der Waals surface area (Å²) in [7, 11) is 1.70. The second-order valence-electron chi connectivity index (χ2n) is 6.75. The molecule has 1 atom stereocenters. The number of rotatable bonds is 7. The maximum Gasteiger partial charge on any atom is 0.316 e. The standard InChI is InChI=1S/C19H20F2N6O2/c1-12(20)17-5-14(3-4-18(17)21)27-8-13(24-25-27)11-29-19-22-6-15(7-23-19)26-9-16(10-26)28-2/h3-8,12,16H,9-11H2,1-2H3. The zero-order chi connectivity index (χ0) is 20.4. The zero-order valence-electron chi connectivity index (χ0n) is 16.0. The molecule has 1 unspecified atom stereocenters. The Morgan fingerprint density at radius 1 is 1.21 bits per heavy atom. The summed E-state index contributed by atoms with van der Waals surface area (Å²) in [6.45, 7) is 3.03. The fourth-order valence-electron chi connectivity index (χ4n) is 2.95. The first-order valence-corrected chi connectivity index (χ1v) is 9.11. The predicted molar refractivity (Wildman–Crippen MR) is 100 cm³/mol. The van der Waals surface area contributed by atoms with Crippen molar-refractivity contribution in [2.24, 2.45) is 0 Å². The van der Waals surface area contributed by atoms with Crippen molar-refractivity contribution >= 4 is 5.69 Å². The lowest BCUT2D eigenvalue weighted by atomic mass is 10.1. The van der Waals surface area contributed by atoms with Crippen molar-refractivity contribution in [3.63, 3.8) is 0 Å². The highest BCUT2D eigenvalue weighted by atomic mass is 19.1. The molecule has 1 aromatic carbocycles. The number of alkyl halides is 1. The van der Waals surface area contributed by atoms with E-state index in [4.69, 9.17) is 9.47 Å². The second kappa shape index (κ2) is 8.08. The molecule has 0 aliphatic carbocycles. The molecule has 1 saturated heterocycles. The van der Waals surface area contributed by atoms with E-state index in [1.807, 2.05) is 0 Å². The number of nitrogens with zero attached hydrogens (tertiary/aromatic N) is 6. The fourth-order valence-corrected chi connectivity index (χ4v) is 2.95. The van der Waals surface area contributed by atoms with Gasteiger partial charge < -0.3 is 14.4 Å². The van der Waals surface area contributed by atoms with Gasteiger partial charge in [0.05, 0.1) is 36.1 Å². The average Bonchev–Trinajstić information content (AvgIpc) is 3.16. The first-order valence-electron chi connectivity index (χ1n) is 9.11. The molecular weight excluding hydrogens is 382 g/mol. The number of ether oxygens (including phenoxy) is 2. The van der Waals surface area contributed by atoms with Crippen LogP contribution in [0.15, 0.2) is 36.8 Å². The van der Waals surface area contributed by atoms with Crippen LogP contribution in [0.1, 0.15) is 24.4 Å². The molecule has 8 nitrogen and oxygen atoms in total. The third-order valence-electron chi connectivity index (χ3n) is 4.72. The summed E-state index contributed by atoms with van der Waals surface area (Å²) >= 11 is 0. The van der Waals surface area contributed by atoms with Crippen LogP contribution in [0.4, 0.5) is 14.5 Å². The normalized spacial score (nSPS) is 15.2. The quantitative estimate of drug-likeness (QED) is 0.601. The molecule has 0 amide bonds. The lowest BCUT2D eigenvalue weighted by Crippen LogP contribution is -2.51. The third kappa shape index (κ3) is 4.16.